The van der Waals surface area contributed by atoms with Gasteiger partial charge in [-0.15, -0.1) is 0 Å². The van der Waals surface area contributed by atoms with Crippen molar-refractivity contribution in [1.82, 2.24) is 14.8 Å². The minimum Gasteiger partial charge on any atom is -0.304 e. The molecule has 7 heteroatoms. The number of nitrogens with one attached hydrogen (secondary N) is 1. The maximum absolute atomic E-state index is 12.5. The summed E-state index contributed by atoms with van der Waals surface area (Å²) in [5.74, 6) is 0.0889. The first-order valence-electron chi connectivity index (χ1n) is 6.95. The summed E-state index contributed by atoms with van der Waals surface area (Å²) in [7, 11) is 1.77. The molecule has 2 heterocycles. The van der Waals surface area contributed by atoms with Crippen LogP contribution in [0.15, 0.2) is 24.3 Å². The molecule has 0 fully saturated rings. The Hall–Kier alpha value is -2.11. The summed E-state index contributed by atoms with van der Waals surface area (Å²) in [5.41, 5.74) is 2.61. The molecule has 1 N–H and O–H groups in total. The van der Waals surface area contributed by atoms with Crippen molar-refractivity contribution in [3.05, 3.63) is 51.1 Å². The lowest BCUT2D eigenvalue weighted by Crippen LogP contribution is -2.13. The average Bonchev–Trinajstić information content (AvgIpc) is 2.81. The summed E-state index contributed by atoms with van der Waals surface area (Å²) >= 11 is 12.3. The van der Waals surface area contributed by atoms with E-state index in [4.69, 9.17) is 23.2 Å². The van der Waals surface area contributed by atoms with Crippen molar-refractivity contribution in [1.29, 1.82) is 0 Å². The zero-order valence-electron chi connectivity index (χ0n) is 12.8. The SMILES string of the molecule is Cc1nc2c(c(NC(=O)c3ccccc3Cl)nn2C)c(C)c1Cl. The van der Waals surface area contributed by atoms with Crippen molar-refractivity contribution in [3.8, 4) is 0 Å². The Morgan fingerprint density at radius 2 is 1.91 bits per heavy atom. The minimum atomic E-state index is -0.327. The van der Waals surface area contributed by atoms with Crippen LogP contribution in [-0.2, 0) is 7.05 Å². The van der Waals surface area contributed by atoms with Crippen molar-refractivity contribution in [3.63, 3.8) is 0 Å². The van der Waals surface area contributed by atoms with Crippen LogP contribution >= 0.6 is 23.2 Å². The fraction of sp³-hybridized carbons (Fsp3) is 0.188. The van der Waals surface area contributed by atoms with Gasteiger partial charge in [-0.05, 0) is 31.5 Å². The summed E-state index contributed by atoms with van der Waals surface area (Å²) in [4.78, 5) is 16.9. The zero-order chi connectivity index (χ0) is 16.7. The van der Waals surface area contributed by atoms with Crippen LogP contribution in [-0.4, -0.2) is 20.7 Å². The number of carbonyl (C=O) groups is 1. The molecule has 0 bridgehead atoms. The van der Waals surface area contributed by atoms with Crippen molar-refractivity contribution < 1.29 is 4.79 Å². The highest BCUT2D eigenvalue weighted by Gasteiger charge is 2.19. The normalized spacial score (nSPS) is 11.0. The van der Waals surface area contributed by atoms with E-state index in [2.05, 4.69) is 15.4 Å². The van der Waals surface area contributed by atoms with E-state index in [1.54, 1.807) is 36.0 Å². The topological polar surface area (TPSA) is 59.8 Å². The van der Waals surface area contributed by atoms with Crippen molar-refractivity contribution in [2.24, 2.45) is 7.05 Å². The fourth-order valence-electron chi connectivity index (χ4n) is 2.49. The minimum absolute atomic E-state index is 0.327. The number of halogens is 2. The molecule has 118 valence electrons. The highest BCUT2D eigenvalue weighted by atomic mass is 35.5. The third kappa shape index (κ3) is 2.66. The molecular weight excluding hydrogens is 335 g/mol. The number of anilines is 1. The lowest BCUT2D eigenvalue weighted by atomic mass is 10.1. The van der Waals surface area contributed by atoms with E-state index in [1.807, 2.05) is 13.8 Å². The number of fused-ring (bicyclic) bond motifs is 1. The largest absolute Gasteiger partial charge is 0.304 e. The van der Waals surface area contributed by atoms with Crippen molar-refractivity contribution >= 4 is 46.0 Å². The van der Waals surface area contributed by atoms with Crippen molar-refractivity contribution in [2.75, 3.05) is 5.32 Å². The highest BCUT2D eigenvalue weighted by molar-refractivity contribution is 6.35. The highest BCUT2D eigenvalue weighted by Crippen LogP contribution is 2.31. The Balaban J connectivity index is 2.09. The maximum atomic E-state index is 12.5. The number of benzene rings is 1. The lowest BCUT2D eigenvalue weighted by molar-refractivity contribution is 0.102. The van der Waals surface area contributed by atoms with Crippen LogP contribution in [0.4, 0.5) is 5.82 Å². The molecule has 0 saturated carbocycles. The molecule has 0 radical (unpaired) electrons. The fourth-order valence-corrected chi connectivity index (χ4v) is 2.84. The number of nitrogens with zero attached hydrogens (tertiary/aromatic N) is 3. The van der Waals surface area contributed by atoms with Gasteiger partial charge in [0.2, 0.25) is 0 Å². The van der Waals surface area contributed by atoms with Gasteiger partial charge in [-0.3, -0.25) is 4.79 Å². The van der Waals surface area contributed by atoms with Gasteiger partial charge in [-0.25, -0.2) is 9.67 Å². The second kappa shape index (κ2) is 5.83. The zero-order valence-corrected chi connectivity index (χ0v) is 14.3. The van der Waals surface area contributed by atoms with Gasteiger partial charge in [0.1, 0.15) is 0 Å². The van der Waals surface area contributed by atoms with E-state index < -0.39 is 0 Å². The Kier molecular flexibility index (Phi) is 4.00. The molecule has 0 atom stereocenters. The van der Waals surface area contributed by atoms with E-state index in [0.717, 1.165) is 16.6 Å². The van der Waals surface area contributed by atoms with E-state index in [1.165, 1.54) is 0 Å². The summed E-state index contributed by atoms with van der Waals surface area (Å²) in [6.07, 6.45) is 0. The van der Waals surface area contributed by atoms with Crippen LogP contribution in [0.3, 0.4) is 0 Å². The maximum Gasteiger partial charge on any atom is 0.258 e. The second-order valence-corrected chi connectivity index (χ2v) is 6.03. The predicted octanol–water partition coefficient (Wildman–Crippen LogP) is 4.14. The van der Waals surface area contributed by atoms with Crippen LogP contribution < -0.4 is 5.32 Å². The molecule has 3 rings (SSSR count). The molecule has 0 saturated heterocycles. The Bertz CT molecular complexity index is 933. The van der Waals surface area contributed by atoms with E-state index in [0.29, 0.717) is 27.1 Å². The summed E-state index contributed by atoms with van der Waals surface area (Å²) < 4.78 is 1.62. The number of hydrogen-bond donors (Lipinski definition) is 1. The van der Waals surface area contributed by atoms with Crippen LogP contribution in [0.1, 0.15) is 21.6 Å². The molecule has 1 amide bonds. The summed E-state index contributed by atoms with van der Waals surface area (Å²) in [5, 5.41) is 8.82. The van der Waals surface area contributed by atoms with Crippen LogP contribution in [0.5, 0.6) is 0 Å². The van der Waals surface area contributed by atoms with Gasteiger partial charge >= 0.3 is 0 Å². The lowest BCUT2D eigenvalue weighted by Gasteiger charge is -2.07. The van der Waals surface area contributed by atoms with Gasteiger partial charge in [0.05, 0.1) is 26.7 Å². The quantitative estimate of drug-likeness (QED) is 0.756. The first-order chi connectivity index (χ1) is 10.9. The third-order valence-corrected chi connectivity index (χ3v) is 4.55. The predicted molar refractivity (Wildman–Crippen MR) is 92.4 cm³/mol. The molecule has 3 aromatic rings. The van der Waals surface area contributed by atoms with Crippen LogP contribution in [0.2, 0.25) is 10.0 Å². The second-order valence-electron chi connectivity index (χ2n) is 5.24. The molecule has 0 aliphatic carbocycles. The van der Waals surface area contributed by atoms with E-state index in [-0.39, 0.29) is 5.91 Å². The number of carbonyl (C=O) groups excluding carboxylic acids is 1. The summed E-state index contributed by atoms with van der Waals surface area (Å²) in [6.45, 7) is 3.72. The molecule has 23 heavy (non-hydrogen) atoms. The van der Waals surface area contributed by atoms with E-state index in [9.17, 15) is 4.79 Å². The third-order valence-electron chi connectivity index (χ3n) is 3.66. The molecule has 5 nitrogen and oxygen atoms in total. The molecular formula is C16H14Cl2N4O. The number of aromatic nitrogens is 3. The monoisotopic (exact) mass is 348 g/mol. The van der Waals surface area contributed by atoms with Gasteiger partial charge in [-0.1, -0.05) is 35.3 Å². The van der Waals surface area contributed by atoms with Gasteiger partial charge in [0, 0.05) is 7.05 Å². The number of rotatable bonds is 2. The molecule has 0 unspecified atom stereocenters. The molecule has 0 spiro atoms. The summed E-state index contributed by atoms with van der Waals surface area (Å²) in [6, 6.07) is 6.85. The number of hydrogen-bond acceptors (Lipinski definition) is 3. The number of amides is 1. The number of pyridine rings is 1. The standard InChI is InChI=1S/C16H14Cl2N4O/c1-8-12-14(20-16(23)10-6-4-5-7-11(10)17)21-22(3)15(12)19-9(2)13(8)18/h4-7H,1-3H3,(H,20,21,23). The van der Waals surface area contributed by atoms with Gasteiger partial charge in [-0.2, -0.15) is 5.10 Å². The van der Waals surface area contributed by atoms with Gasteiger partial charge < -0.3 is 5.32 Å². The Morgan fingerprint density at radius 3 is 2.61 bits per heavy atom. The van der Waals surface area contributed by atoms with Crippen molar-refractivity contribution in [2.45, 2.75) is 13.8 Å². The van der Waals surface area contributed by atoms with Gasteiger partial charge in [0.15, 0.2) is 11.5 Å². The van der Waals surface area contributed by atoms with Crippen LogP contribution in [0.25, 0.3) is 11.0 Å². The first kappa shape index (κ1) is 15.8. The molecule has 2 aromatic heterocycles. The van der Waals surface area contributed by atoms with Gasteiger partial charge in [0.25, 0.3) is 5.91 Å². The molecule has 0 aliphatic rings. The average molecular weight is 349 g/mol. The van der Waals surface area contributed by atoms with E-state index >= 15 is 0 Å². The number of aryl methyl sites for hydroxylation is 3. The molecule has 1 aromatic carbocycles. The smallest absolute Gasteiger partial charge is 0.258 e. The van der Waals surface area contributed by atoms with Crippen LogP contribution in [0, 0.1) is 13.8 Å². The molecule has 0 aliphatic heterocycles. The Labute approximate surface area is 143 Å². The Morgan fingerprint density at radius 1 is 1.22 bits per heavy atom. The first-order valence-corrected chi connectivity index (χ1v) is 7.71.